The van der Waals surface area contributed by atoms with Gasteiger partial charge in [0.2, 0.25) is 11.2 Å². The molecule has 1 N–H and O–H groups in total. The van der Waals surface area contributed by atoms with Crippen LogP contribution >= 0.6 is 23.1 Å². The van der Waals surface area contributed by atoms with Crippen molar-refractivity contribution in [1.29, 1.82) is 0 Å². The number of hydrogen-bond donors (Lipinski definition) is 1. The van der Waals surface area contributed by atoms with Crippen molar-refractivity contribution >= 4 is 50.7 Å². The van der Waals surface area contributed by atoms with Crippen LogP contribution in [0.15, 0.2) is 24.5 Å². The van der Waals surface area contributed by atoms with Crippen molar-refractivity contribution in [2.24, 2.45) is 0 Å². The first kappa shape index (κ1) is 12.6. The highest BCUT2D eigenvalue weighted by Gasteiger charge is 2.13. The Bertz CT molecular complexity index is 807. The van der Waals surface area contributed by atoms with Crippen molar-refractivity contribution in [1.82, 2.24) is 19.3 Å². The normalized spacial score (nSPS) is 10.7. The maximum absolute atomic E-state index is 10.8. The summed E-state index contributed by atoms with van der Waals surface area (Å²) in [6, 6.07) is 4.53. The molecule has 0 aliphatic rings. The molecule has 2 heterocycles. The molecule has 0 amide bonds. The van der Waals surface area contributed by atoms with E-state index >= 15 is 0 Å². The van der Waals surface area contributed by atoms with Crippen LogP contribution in [0.3, 0.4) is 0 Å². The van der Waals surface area contributed by atoms with Gasteiger partial charge >= 0.3 is 0 Å². The van der Waals surface area contributed by atoms with E-state index in [0.717, 1.165) is 4.70 Å². The average Bonchev–Trinajstić information content (AvgIpc) is 2.81. The number of nitrogens with zero attached hydrogens (tertiary/aromatic N) is 5. The van der Waals surface area contributed by atoms with Gasteiger partial charge in [0.25, 0.3) is 5.69 Å². The molecule has 0 saturated carbocycles. The zero-order valence-corrected chi connectivity index (χ0v) is 11.2. The Morgan fingerprint density at radius 3 is 2.95 bits per heavy atom. The van der Waals surface area contributed by atoms with E-state index in [9.17, 15) is 10.1 Å². The molecule has 10 heteroatoms. The lowest BCUT2D eigenvalue weighted by Crippen LogP contribution is -1.98. The van der Waals surface area contributed by atoms with Crippen LogP contribution in [0, 0.1) is 10.1 Å². The third-order valence-corrected chi connectivity index (χ3v) is 3.45. The molecule has 0 aliphatic heterocycles. The Labute approximate surface area is 120 Å². The summed E-state index contributed by atoms with van der Waals surface area (Å²) < 4.78 is 5.00. The average molecular weight is 309 g/mol. The van der Waals surface area contributed by atoms with Gasteiger partial charge in [-0.1, -0.05) is 0 Å². The number of rotatable bonds is 3. The minimum Gasteiger partial charge on any atom is -0.307 e. The highest BCUT2D eigenvalue weighted by atomic mass is 35.5. The quantitative estimate of drug-likeness (QED) is 0.585. The van der Waals surface area contributed by atoms with E-state index in [1.807, 2.05) is 0 Å². The van der Waals surface area contributed by atoms with Gasteiger partial charge in [0, 0.05) is 17.5 Å². The molecule has 0 radical (unpaired) electrons. The number of hydrogen-bond acceptors (Lipinski definition) is 8. The lowest BCUT2D eigenvalue weighted by atomic mass is 10.2. The summed E-state index contributed by atoms with van der Waals surface area (Å²) in [6.45, 7) is 0. The number of aromatic nitrogens is 4. The molecule has 0 fully saturated rings. The molecule has 3 aromatic rings. The molecule has 0 unspecified atom stereocenters. The standard InChI is InChI=1S/C10H5ClN6O2S/c11-9-12-4-13-10(15-9)14-8-6-3-5(17(18)19)1-2-7(6)20-16-8/h1-4H,(H,12,13,14,15,16). The second kappa shape index (κ2) is 4.94. The van der Waals surface area contributed by atoms with Crippen LogP contribution in [0.5, 0.6) is 0 Å². The smallest absolute Gasteiger partial charge is 0.270 e. The summed E-state index contributed by atoms with van der Waals surface area (Å²) in [4.78, 5) is 21.8. The Kier molecular flexibility index (Phi) is 3.12. The number of benzene rings is 1. The summed E-state index contributed by atoms with van der Waals surface area (Å²) in [6.07, 6.45) is 1.26. The van der Waals surface area contributed by atoms with Crippen LogP contribution in [0.2, 0.25) is 5.28 Å². The first-order valence-electron chi connectivity index (χ1n) is 5.29. The van der Waals surface area contributed by atoms with Crippen molar-refractivity contribution in [2.75, 3.05) is 5.32 Å². The zero-order valence-electron chi connectivity index (χ0n) is 9.65. The minimum atomic E-state index is -0.458. The summed E-state index contributed by atoms with van der Waals surface area (Å²) >= 11 is 6.88. The molecular weight excluding hydrogens is 304 g/mol. The Morgan fingerprint density at radius 2 is 2.20 bits per heavy atom. The second-order valence-electron chi connectivity index (χ2n) is 3.67. The predicted molar refractivity (Wildman–Crippen MR) is 74.4 cm³/mol. The Morgan fingerprint density at radius 1 is 1.35 bits per heavy atom. The van der Waals surface area contributed by atoms with Crippen molar-refractivity contribution in [3.63, 3.8) is 0 Å². The number of nitrogens with one attached hydrogen (secondary N) is 1. The van der Waals surface area contributed by atoms with Crippen LogP contribution in [-0.2, 0) is 0 Å². The largest absolute Gasteiger partial charge is 0.307 e. The van der Waals surface area contributed by atoms with Crippen molar-refractivity contribution < 1.29 is 4.92 Å². The van der Waals surface area contributed by atoms with Crippen molar-refractivity contribution in [2.45, 2.75) is 0 Å². The van der Waals surface area contributed by atoms with Crippen molar-refractivity contribution in [3.05, 3.63) is 39.9 Å². The van der Waals surface area contributed by atoms with E-state index in [1.54, 1.807) is 6.07 Å². The third-order valence-electron chi connectivity index (χ3n) is 2.44. The van der Waals surface area contributed by atoms with Gasteiger partial charge in [-0.05, 0) is 29.2 Å². The SMILES string of the molecule is O=[N+]([O-])c1ccc2snc(Nc3ncnc(Cl)n3)c2c1. The summed E-state index contributed by atoms with van der Waals surface area (Å²) in [5, 5.41) is 14.3. The second-order valence-corrected chi connectivity index (χ2v) is 4.81. The van der Waals surface area contributed by atoms with Crippen molar-refractivity contribution in [3.8, 4) is 0 Å². The van der Waals surface area contributed by atoms with Gasteiger partial charge in [-0.25, -0.2) is 9.97 Å². The fourth-order valence-electron chi connectivity index (χ4n) is 1.57. The van der Waals surface area contributed by atoms with E-state index in [1.165, 1.54) is 30.0 Å². The Balaban J connectivity index is 2.03. The minimum absolute atomic E-state index is 0.00516. The highest BCUT2D eigenvalue weighted by Crippen LogP contribution is 2.31. The molecule has 1 aromatic carbocycles. The van der Waals surface area contributed by atoms with E-state index in [0.29, 0.717) is 11.2 Å². The highest BCUT2D eigenvalue weighted by molar-refractivity contribution is 7.13. The maximum Gasteiger partial charge on any atom is 0.270 e. The molecule has 0 saturated heterocycles. The van der Waals surface area contributed by atoms with Gasteiger partial charge in [-0.15, -0.1) is 0 Å². The molecule has 0 spiro atoms. The Hall–Kier alpha value is -2.39. The molecule has 3 rings (SSSR count). The molecule has 8 nitrogen and oxygen atoms in total. The van der Waals surface area contributed by atoms with Crippen LogP contribution in [0.1, 0.15) is 0 Å². The third kappa shape index (κ3) is 2.36. The molecule has 100 valence electrons. The molecule has 2 aromatic heterocycles. The van der Waals surface area contributed by atoms with E-state index in [-0.39, 0.29) is 16.9 Å². The van der Waals surface area contributed by atoms with Gasteiger partial charge in [0.15, 0.2) is 5.82 Å². The predicted octanol–water partition coefficient (Wildman–Crippen LogP) is 2.79. The monoisotopic (exact) mass is 308 g/mol. The fourth-order valence-corrected chi connectivity index (χ4v) is 2.41. The van der Waals surface area contributed by atoms with E-state index < -0.39 is 4.92 Å². The molecular formula is C10H5ClN6O2S. The van der Waals surface area contributed by atoms with Gasteiger partial charge in [0.1, 0.15) is 6.33 Å². The molecule has 0 aliphatic carbocycles. The van der Waals surface area contributed by atoms with Crippen LogP contribution in [-0.4, -0.2) is 24.2 Å². The van der Waals surface area contributed by atoms with Gasteiger partial charge in [0.05, 0.1) is 9.62 Å². The number of nitro benzene ring substituents is 1. The summed E-state index contributed by atoms with van der Waals surface area (Å²) in [5.41, 5.74) is -0.00516. The number of halogens is 1. The van der Waals surface area contributed by atoms with Gasteiger partial charge < -0.3 is 5.32 Å². The number of nitro groups is 1. The van der Waals surface area contributed by atoms with Gasteiger partial charge in [-0.3, -0.25) is 10.1 Å². The summed E-state index contributed by atoms with van der Waals surface area (Å²) in [5.74, 6) is 0.666. The van der Waals surface area contributed by atoms with Crippen LogP contribution < -0.4 is 5.32 Å². The van der Waals surface area contributed by atoms with Crippen LogP contribution in [0.25, 0.3) is 10.1 Å². The first-order valence-corrected chi connectivity index (χ1v) is 6.44. The zero-order chi connectivity index (χ0) is 14.1. The van der Waals surface area contributed by atoms with E-state index in [4.69, 9.17) is 11.6 Å². The fraction of sp³-hybridized carbons (Fsp3) is 0. The lowest BCUT2D eigenvalue weighted by Gasteiger charge is -2.01. The lowest BCUT2D eigenvalue weighted by molar-refractivity contribution is -0.384. The maximum atomic E-state index is 10.8. The summed E-state index contributed by atoms with van der Waals surface area (Å²) in [7, 11) is 0. The molecule has 20 heavy (non-hydrogen) atoms. The van der Waals surface area contributed by atoms with Gasteiger partial charge in [-0.2, -0.15) is 9.36 Å². The van der Waals surface area contributed by atoms with Crippen LogP contribution in [0.4, 0.5) is 17.5 Å². The first-order chi connectivity index (χ1) is 9.63. The topological polar surface area (TPSA) is 107 Å². The number of fused-ring (bicyclic) bond motifs is 1. The molecule has 0 atom stereocenters. The molecule has 0 bridgehead atoms. The number of non-ortho nitro benzene ring substituents is 1. The number of anilines is 2. The van der Waals surface area contributed by atoms with E-state index in [2.05, 4.69) is 24.6 Å².